The number of benzene rings is 1. The van der Waals surface area contributed by atoms with E-state index in [-0.39, 0.29) is 0 Å². The van der Waals surface area contributed by atoms with E-state index in [9.17, 15) is 13.2 Å². The van der Waals surface area contributed by atoms with Crippen molar-refractivity contribution in [3.63, 3.8) is 0 Å². The van der Waals surface area contributed by atoms with Crippen molar-refractivity contribution in [2.24, 2.45) is 10.9 Å². The van der Waals surface area contributed by atoms with Gasteiger partial charge in [0.15, 0.2) is 5.82 Å². The van der Waals surface area contributed by atoms with Crippen molar-refractivity contribution >= 4 is 29.9 Å². The summed E-state index contributed by atoms with van der Waals surface area (Å²) in [4.78, 5) is 21.8. The van der Waals surface area contributed by atoms with Gasteiger partial charge in [-0.05, 0) is 71.9 Å². The predicted octanol–water partition coefficient (Wildman–Crippen LogP) is 5.23. The summed E-state index contributed by atoms with van der Waals surface area (Å²) in [6.45, 7) is 1.14. The molecule has 178 valence electrons. The van der Waals surface area contributed by atoms with Gasteiger partial charge >= 0.3 is 6.18 Å². The maximum Gasteiger partial charge on any atom is 0.416 e. The Morgan fingerprint density at radius 2 is 1.77 bits per heavy atom. The van der Waals surface area contributed by atoms with Crippen molar-refractivity contribution < 1.29 is 13.2 Å². The Labute approximate surface area is 200 Å². The Hall–Kier alpha value is -4.08. The summed E-state index contributed by atoms with van der Waals surface area (Å²) in [5, 5.41) is 6.30. The third-order valence-corrected chi connectivity index (χ3v) is 5.59. The van der Waals surface area contributed by atoms with Crippen LogP contribution in [0.15, 0.2) is 65.4 Å². The van der Waals surface area contributed by atoms with Gasteiger partial charge in [-0.3, -0.25) is 9.98 Å². The summed E-state index contributed by atoms with van der Waals surface area (Å²) in [5.41, 5.74) is 1.98. The molecule has 1 aromatic carbocycles. The first-order chi connectivity index (χ1) is 16.9. The van der Waals surface area contributed by atoms with E-state index in [1.54, 1.807) is 30.6 Å². The summed E-state index contributed by atoms with van der Waals surface area (Å²) in [6, 6.07) is 8.82. The van der Waals surface area contributed by atoms with Crippen molar-refractivity contribution in [3.05, 3.63) is 83.0 Å². The molecular weight excluding hydrogens is 455 g/mol. The number of alkyl halides is 3. The molecule has 0 amide bonds. The van der Waals surface area contributed by atoms with Gasteiger partial charge in [-0.2, -0.15) is 28.1 Å². The van der Waals surface area contributed by atoms with Crippen LogP contribution in [0.2, 0.25) is 0 Å². The Balaban J connectivity index is 1.38. The normalized spacial score (nSPS) is 15.7. The standard InChI is InChI=1S/C25H22F3N7/c26-25(27,28)20-3-1-2-16(12-20)4-7-21-32-23(31-14-17-8-10-29-11-9-17)35-24(33-21)34-22-13-19(15-30-22)18-5-6-18/h1-4,7-13,18H,5-6,14-15H2,(H2,30,31,32,33,34,35)/b7-4+. The van der Waals surface area contributed by atoms with Gasteiger partial charge in [0.2, 0.25) is 11.9 Å². The van der Waals surface area contributed by atoms with Crippen LogP contribution >= 0.6 is 0 Å². The number of hydrogen-bond donors (Lipinski definition) is 2. The second-order valence-electron chi connectivity index (χ2n) is 8.33. The van der Waals surface area contributed by atoms with E-state index in [1.165, 1.54) is 24.5 Å². The van der Waals surface area contributed by atoms with E-state index < -0.39 is 11.7 Å². The third kappa shape index (κ3) is 6.08. The summed E-state index contributed by atoms with van der Waals surface area (Å²) in [7, 11) is 0. The van der Waals surface area contributed by atoms with E-state index in [0.29, 0.717) is 48.1 Å². The van der Waals surface area contributed by atoms with Crippen LogP contribution in [0.1, 0.15) is 35.4 Å². The largest absolute Gasteiger partial charge is 0.416 e. The second kappa shape index (κ2) is 9.65. The maximum atomic E-state index is 13.0. The molecule has 1 aliphatic heterocycles. The number of pyridine rings is 1. The van der Waals surface area contributed by atoms with Gasteiger partial charge in [0.25, 0.3) is 0 Å². The van der Waals surface area contributed by atoms with Gasteiger partial charge in [-0.1, -0.05) is 18.2 Å². The molecule has 10 heteroatoms. The minimum atomic E-state index is -4.41. The Morgan fingerprint density at radius 1 is 0.971 bits per heavy atom. The summed E-state index contributed by atoms with van der Waals surface area (Å²) >= 11 is 0. The lowest BCUT2D eigenvalue weighted by atomic mass is 10.1. The van der Waals surface area contributed by atoms with Crippen LogP contribution in [-0.4, -0.2) is 32.3 Å². The number of aromatic nitrogens is 4. The van der Waals surface area contributed by atoms with E-state index in [4.69, 9.17) is 0 Å². The molecule has 3 aromatic rings. The average molecular weight is 477 g/mol. The fourth-order valence-electron chi connectivity index (χ4n) is 3.61. The highest BCUT2D eigenvalue weighted by molar-refractivity contribution is 6.05. The summed E-state index contributed by atoms with van der Waals surface area (Å²) in [5.74, 6) is 2.23. The van der Waals surface area contributed by atoms with E-state index in [2.05, 4.69) is 35.6 Å². The number of anilines is 2. The zero-order chi connectivity index (χ0) is 24.3. The molecule has 5 rings (SSSR count). The molecule has 0 bridgehead atoms. The molecule has 2 aromatic heterocycles. The smallest absolute Gasteiger partial charge is 0.350 e. The quantitative estimate of drug-likeness (QED) is 0.485. The molecule has 3 heterocycles. The molecule has 1 saturated carbocycles. The lowest BCUT2D eigenvalue weighted by Gasteiger charge is -2.09. The minimum absolute atomic E-state index is 0.294. The van der Waals surface area contributed by atoms with Crippen molar-refractivity contribution in [2.45, 2.75) is 25.6 Å². The molecule has 0 atom stereocenters. The molecule has 1 aliphatic carbocycles. The van der Waals surface area contributed by atoms with Gasteiger partial charge in [0.05, 0.1) is 12.1 Å². The zero-order valence-electron chi connectivity index (χ0n) is 18.6. The average Bonchev–Trinajstić information content (AvgIpc) is 3.60. The molecule has 1 fully saturated rings. The van der Waals surface area contributed by atoms with Gasteiger partial charge in [-0.25, -0.2) is 0 Å². The van der Waals surface area contributed by atoms with Crippen LogP contribution in [0.25, 0.3) is 12.2 Å². The van der Waals surface area contributed by atoms with Crippen molar-refractivity contribution in [2.75, 3.05) is 17.2 Å². The Bertz CT molecular complexity index is 1300. The topological polar surface area (TPSA) is 88.0 Å². The fourth-order valence-corrected chi connectivity index (χ4v) is 3.61. The molecular formula is C25H22F3N7. The Morgan fingerprint density at radius 3 is 2.54 bits per heavy atom. The van der Waals surface area contributed by atoms with Crippen molar-refractivity contribution in [1.29, 1.82) is 0 Å². The van der Waals surface area contributed by atoms with Crippen molar-refractivity contribution in [3.8, 4) is 0 Å². The second-order valence-corrected chi connectivity index (χ2v) is 8.33. The highest BCUT2D eigenvalue weighted by Crippen LogP contribution is 2.37. The molecule has 35 heavy (non-hydrogen) atoms. The number of rotatable bonds is 7. The minimum Gasteiger partial charge on any atom is -0.350 e. The SMILES string of the molecule is FC(F)(F)c1cccc(/C=C/c2nc(NCc3ccncc3)nc(NC3=NCC(C4CC4)=C3)n2)c1. The van der Waals surface area contributed by atoms with Gasteiger partial charge in [-0.15, -0.1) is 0 Å². The highest BCUT2D eigenvalue weighted by Gasteiger charge is 2.30. The lowest BCUT2D eigenvalue weighted by Crippen LogP contribution is -2.14. The van der Waals surface area contributed by atoms with Crippen LogP contribution in [0, 0.1) is 5.92 Å². The first-order valence-corrected chi connectivity index (χ1v) is 11.2. The molecule has 0 saturated heterocycles. The molecule has 2 aliphatic rings. The number of amidine groups is 1. The summed E-state index contributed by atoms with van der Waals surface area (Å²) in [6.07, 6.45) is 6.52. The monoisotopic (exact) mass is 477 g/mol. The number of aliphatic imine (C=N–C) groups is 1. The van der Waals surface area contributed by atoms with Gasteiger partial charge in [0.1, 0.15) is 5.84 Å². The Kier molecular flexibility index (Phi) is 6.26. The molecule has 0 spiro atoms. The van der Waals surface area contributed by atoms with E-state index in [1.807, 2.05) is 18.2 Å². The molecule has 0 unspecified atom stereocenters. The molecule has 0 radical (unpaired) electrons. The van der Waals surface area contributed by atoms with Crippen LogP contribution in [-0.2, 0) is 12.7 Å². The first-order valence-electron chi connectivity index (χ1n) is 11.2. The van der Waals surface area contributed by atoms with Gasteiger partial charge < -0.3 is 10.6 Å². The van der Waals surface area contributed by atoms with Crippen LogP contribution in [0.4, 0.5) is 25.1 Å². The van der Waals surface area contributed by atoms with Gasteiger partial charge in [0, 0.05) is 18.9 Å². The van der Waals surface area contributed by atoms with Crippen LogP contribution in [0.3, 0.4) is 0 Å². The van der Waals surface area contributed by atoms with E-state index >= 15 is 0 Å². The zero-order valence-corrected chi connectivity index (χ0v) is 18.6. The first kappa shape index (κ1) is 22.7. The van der Waals surface area contributed by atoms with Crippen LogP contribution in [0.5, 0.6) is 0 Å². The summed E-state index contributed by atoms with van der Waals surface area (Å²) < 4.78 is 39.1. The van der Waals surface area contributed by atoms with E-state index in [0.717, 1.165) is 17.7 Å². The fraction of sp³-hybridized carbons (Fsp3) is 0.240. The number of nitrogens with one attached hydrogen (secondary N) is 2. The predicted molar refractivity (Wildman–Crippen MR) is 128 cm³/mol. The lowest BCUT2D eigenvalue weighted by molar-refractivity contribution is -0.137. The molecule has 2 N–H and O–H groups in total. The number of halogens is 3. The molecule has 7 nitrogen and oxygen atoms in total. The van der Waals surface area contributed by atoms with Crippen molar-refractivity contribution in [1.82, 2.24) is 19.9 Å². The number of nitrogens with zero attached hydrogens (tertiary/aromatic N) is 5. The van der Waals surface area contributed by atoms with Crippen LogP contribution < -0.4 is 10.6 Å². The third-order valence-electron chi connectivity index (χ3n) is 5.59. The number of hydrogen-bond acceptors (Lipinski definition) is 7. The highest BCUT2D eigenvalue weighted by atomic mass is 19.4. The maximum absolute atomic E-state index is 13.0.